The quantitative estimate of drug-likeness (QED) is 0.662. The zero-order valence-corrected chi connectivity index (χ0v) is 15.2. The van der Waals surface area contributed by atoms with E-state index in [-0.39, 0.29) is 5.91 Å². The second-order valence-electron chi connectivity index (χ2n) is 5.68. The van der Waals surface area contributed by atoms with Gasteiger partial charge in [-0.25, -0.2) is 4.98 Å². The molecule has 132 valence electrons. The number of hydrogen-bond acceptors (Lipinski definition) is 4. The lowest BCUT2D eigenvalue weighted by molar-refractivity contribution is 0.102. The smallest absolute Gasteiger partial charge is 0.274 e. The Morgan fingerprint density at radius 1 is 1.08 bits per heavy atom. The molecule has 2 N–H and O–H groups in total. The molecule has 1 aromatic heterocycles. The van der Waals surface area contributed by atoms with Gasteiger partial charge in [-0.3, -0.25) is 4.79 Å². The van der Waals surface area contributed by atoms with Crippen molar-refractivity contribution in [1.29, 1.82) is 0 Å². The van der Waals surface area contributed by atoms with Gasteiger partial charge in [-0.1, -0.05) is 29.8 Å². The van der Waals surface area contributed by atoms with Crippen LogP contribution in [0.4, 0.5) is 17.1 Å². The number of nitrogens with one attached hydrogen (secondary N) is 2. The molecule has 0 aliphatic heterocycles. The first-order valence-electron chi connectivity index (χ1n) is 8.00. The van der Waals surface area contributed by atoms with Crippen molar-refractivity contribution in [2.75, 3.05) is 17.7 Å². The fraction of sp³-hybridized carbons (Fsp3) is 0.100. The number of hydrogen-bond donors (Lipinski definition) is 2. The SMILES string of the molecule is COc1ccc(Nc2ccc(C(=O)Nc3ccccc3C)nc2)cc1Cl. The number of ether oxygens (including phenoxy) is 1. The predicted molar refractivity (Wildman–Crippen MR) is 105 cm³/mol. The molecule has 0 saturated heterocycles. The van der Waals surface area contributed by atoms with E-state index in [9.17, 15) is 4.79 Å². The first-order valence-corrected chi connectivity index (χ1v) is 8.38. The summed E-state index contributed by atoms with van der Waals surface area (Å²) >= 11 is 6.12. The molecule has 0 aliphatic rings. The number of carbonyl (C=O) groups excluding carboxylic acids is 1. The molecule has 26 heavy (non-hydrogen) atoms. The number of methoxy groups -OCH3 is 1. The van der Waals surface area contributed by atoms with Gasteiger partial charge in [0.05, 0.1) is 24.0 Å². The average molecular weight is 368 g/mol. The van der Waals surface area contributed by atoms with Gasteiger partial charge in [-0.2, -0.15) is 0 Å². The molecule has 0 bridgehead atoms. The highest BCUT2D eigenvalue weighted by molar-refractivity contribution is 6.32. The molecular formula is C20H18ClN3O2. The molecule has 0 atom stereocenters. The molecule has 2 aromatic carbocycles. The number of carbonyl (C=O) groups is 1. The van der Waals surface area contributed by atoms with E-state index < -0.39 is 0 Å². The molecule has 0 spiro atoms. The first-order chi connectivity index (χ1) is 12.6. The van der Waals surface area contributed by atoms with Crippen LogP contribution in [0, 0.1) is 6.92 Å². The van der Waals surface area contributed by atoms with Crippen LogP contribution in [0.25, 0.3) is 0 Å². The van der Waals surface area contributed by atoms with E-state index in [4.69, 9.17) is 16.3 Å². The third-order valence-electron chi connectivity index (χ3n) is 3.83. The van der Waals surface area contributed by atoms with Gasteiger partial charge in [0.2, 0.25) is 0 Å². The van der Waals surface area contributed by atoms with Crippen LogP contribution in [0.5, 0.6) is 5.75 Å². The molecular weight excluding hydrogens is 350 g/mol. The Balaban J connectivity index is 1.69. The molecule has 3 rings (SSSR count). The van der Waals surface area contributed by atoms with Crippen LogP contribution in [0.2, 0.25) is 5.02 Å². The predicted octanol–water partition coefficient (Wildman–Crippen LogP) is 5.05. The minimum absolute atomic E-state index is 0.252. The van der Waals surface area contributed by atoms with Gasteiger partial charge in [0.25, 0.3) is 5.91 Å². The fourth-order valence-corrected chi connectivity index (χ4v) is 2.67. The van der Waals surface area contributed by atoms with Gasteiger partial charge in [0.15, 0.2) is 0 Å². The van der Waals surface area contributed by atoms with Crippen LogP contribution in [0.15, 0.2) is 60.8 Å². The van der Waals surface area contributed by atoms with E-state index in [1.807, 2.05) is 37.3 Å². The molecule has 1 heterocycles. The Hall–Kier alpha value is -3.05. The number of rotatable bonds is 5. The summed E-state index contributed by atoms with van der Waals surface area (Å²) in [4.78, 5) is 16.6. The maximum absolute atomic E-state index is 12.3. The second-order valence-corrected chi connectivity index (χ2v) is 6.08. The standard InChI is InChI=1S/C20H18ClN3O2/c1-13-5-3-4-6-17(13)24-20(25)18-9-7-15(12-22-18)23-14-8-10-19(26-2)16(21)11-14/h3-12,23H,1-2H3,(H,24,25). The summed E-state index contributed by atoms with van der Waals surface area (Å²) in [6, 6.07) is 16.5. The summed E-state index contributed by atoms with van der Waals surface area (Å²) in [6.45, 7) is 1.94. The van der Waals surface area contributed by atoms with Crippen LogP contribution in [0.3, 0.4) is 0 Å². The minimum Gasteiger partial charge on any atom is -0.495 e. The maximum atomic E-state index is 12.3. The monoisotopic (exact) mass is 367 g/mol. The lowest BCUT2D eigenvalue weighted by Crippen LogP contribution is -2.14. The fourth-order valence-electron chi connectivity index (χ4n) is 2.41. The summed E-state index contributed by atoms with van der Waals surface area (Å²) in [5, 5.41) is 6.56. The number of benzene rings is 2. The Morgan fingerprint density at radius 2 is 1.85 bits per heavy atom. The van der Waals surface area contributed by atoms with E-state index in [1.54, 1.807) is 37.6 Å². The number of aryl methyl sites for hydroxylation is 1. The second kappa shape index (κ2) is 7.89. The molecule has 3 aromatic rings. The summed E-state index contributed by atoms with van der Waals surface area (Å²) in [5.41, 5.74) is 3.66. The lowest BCUT2D eigenvalue weighted by Gasteiger charge is -2.10. The molecule has 0 radical (unpaired) electrons. The summed E-state index contributed by atoms with van der Waals surface area (Å²) in [6.07, 6.45) is 1.60. The third kappa shape index (κ3) is 4.13. The molecule has 0 fully saturated rings. The first kappa shape index (κ1) is 17.8. The van der Waals surface area contributed by atoms with Gasteiger partial charge in [-0.05, 0) is 48.9 Å². The Kier molecular flexibility index (Phi) is 5.39. The van der Waals surface area contributed by atoms with Gasteiger partial charge >= 0.3 is 0 Å². The normalized spacial score (nSPS) is 10.3. The lowest BCUT2D eigenvalue weighted by atomic mass is 10.2. The van der Waals surface area contributed by atoms with E-state index in [2.05, 4.69) is 15.6 Å². The Labute approximate surface area is 157 Å². The number of amides is 1. The number of aromatic nitrogens is 1. The van der Waals surface area contributed by atoms with Gasteiger partial charge in [0.1, 0.15) is 11.4 Å². The number of anilines is 3. The maximum Gasteiger partial charge on any atom is 0.274 e. The zero-order chi connectivity index (χ0) is 18.5. The van der Waals surface area contributed by atoms with E-state index in [0.717, 1.165) is 22.6 Å². The number of nitrogens with zero attached hydrogens (tertiary/aromatic N) is 1. The van der Waals surface area contributed by atoms with Crippen molar-refractivity contribution in [2.24, 2.45) is 0 Å². The number of pyridine rings is 1. The van der Waals surface area contributed by atoms with Crippen LogP contribution in [0.1, 0.15) is 16.1 Å². The van der Waals surface area contributed by atoms with Crippen LogP contribution < -0.4 is 15.4 Å². The van der Waals surface area contributed by atoms with E-state index in [1.165, 1.54) is 0 Å². The summed E-state index contributed by atoms with van der Waals surface area (Å²) in [7, 11) is 1.57. The van der Waals surface area contributed by atoms with Crippen molar-refractivity contribution in [3.05, 3.63) is 77.1 Å². The van der Waals surface area contributed by atoms with Gasteiger partial charge in [-0.15, -0.1) is 0 Å². The molecule has 0 saturated carbocycles. The van der Waals surface area contributed by atoms with Crippen molar-refractivity contribution in [2.45, 2.75) is 6.92 Å². The van der Waals surface area contributed by atoms with Crippen molar-refractivity contribution < 1.29 is 9.53 Å². The largest absolute Gasteiger partial charge is 0.495 e. The highest BCUT2D eigenvalue weighted by atomic mass is 35.5. The highest BCUT2D eigenvalue weighted by Crippen LogP contribution is 2.28. The van der Waals surface area contributed by atoms with Crippen LogP contribution in [-0.4, -0.2) is 18.0 Å². The molecule has 6 heteroatoms. The Morgan fingerprint density at radius 3 is 2.50 bits per heavy atom. The van der Waals surface area contributed by atoms with Crippen molar-refractivity contribution in [3.63, 3.8) is 0 Å². The van der Waals surface area contributed by atoms with Crippen molar-refractivity contribution in [1.82, 2.24) is 4.98 Å². The molecule has 1 amide bonds. The topological polar surface area (TPSA) is 63.2 Å². The van der Waals surface area contributed by atoms with Gasteiger partial charge < -0.3 is 15.4 Å². The Bertz CT molecular complexity index is 927. The molecule has 0 aliphatic carbocycles. The highest BCUT2D eigenvalue weighted by Gasteiger charge is 2.09. The van der Waals surface area contributed by atoms with Gasteiger partial charge in [0, 0.05) is 11.4 Å². The molecule has 0 unspecified atom stereocenters. The van der Waals surface area contributed by atoms with Crippen molar-refractivity contribution >= 4 is 34.6 Å². The van der Waals surface area contributed by atoms with Crippen molar-refractivity contribution in [3.8, 4) is 5.75 Å². The third-order valence-corrected chi connectivity index (χ3v) is 4.13. The van der Waals surface area contributed by atoms with E-state index >= 15 is 0 Å². The number of halogens is 1. The zero-order valence-electron chi connectivity index (χ0n) is 14.4. The molecule has 5 nitrogen and oxygen atoms in total. The number of para-hydroxylation sites is 1. The van der Waals surface area contributed by atoms with Crippen LogP contribution >= 0.6 is 11.6 Å². The average Bonchev–Trinajstić information content (AvgIpc) is 2.64. The summed E-state index contributed by atoms with van der Waals surface area (Å²) < 4.78 is 5.13. The van der Waals surface area contributed by atoms with E-state index in [0.29, 0.717) is 16.5 Å². The summed E-state index contributed by atoms with van der Waals surface area (Å²) in [5.74, 6) is 0.358. The minimum atomic E-state index is -0.252. The van der Waals surface area contributed by atoms with Crippen LogP contribution in [-0.2, 0) is 0 Å².